The van der Waals surface area contributed by atoms with Gasteiger partial charge in [0.1, 0.15) is 5.69 Å². The highest BCUT2D eigenvalue weighted by Gasteiger charge is 2.39. The van der Waals surface area contributed by atoms with Crippen molar-refractivity contribution >= 4 is 15.9 Å². The first-order valence-electron chi connectivity index (χ1n) is 11.2. The number of carbonyl (C=O) groups excluding carboxylic acids is 1. The first-order chi connectivity index (χ1) is 14.8. The summed E-state index contributed by atoms with van der Waals surface area (Å²) in [6, 6.07) is -0.739. The van der Waals surface area contributed by atoms with Crippen molar-refractivity contribution in [2.45, 2.75) is 81.7 Å². The summed E-state index contributed by atoms with van der Waals surface area (Å²) in [5, 5.41) is -0.539. The van der Waals surface area contributed by atoms with Gasteiger partial charge in [-0.1, -0.05) is 0 Å². The number of aromatic nitrogens is 2. The van der Waals surface area contributed by atoms with E-state index in [0.717, 1.165) is 37.8 Å². The van der Waals surface area contributed by atoms with Gasteiger partial charge in [0.25, 0.3) is 5.91 Å². The van der Waals surface area contributed by atoms with Crippen LogP contribution >= 0.6 is 0 Å². The molecule has 3 aliphatic heterocycles. The Morgan fingerprint density at radius 2 is 1.87 bits per heavy atom. The number of nitrogens with one attached hydrogen (secondary N) is 1. The molecule has 1 saturated carbocycles. The van der Waals surface area contributed by atoms with E-state index in [1.54, 1.807) is 31.1 Å². The van der Waals surface area contributed by atoms with Gasteiger partial charge in [-0.05, 0) is 52.4 Å². The largest absolute Gasteiger partial charge is 0.466 e. The summed E-state index contributed by atoms with van der Waals surface area (Å²) in [5.74, 6) is 0.475. The Morgan fingerprint density at radius 1 is 1.13 bits per heavy atom. The molecule has 9 nitrogen and oxygen atoms in total. The molecular weight excluding hydrogens is 420 g/mol. The Bertz CT molecular complexity index is 886. The highest BCUT2D eigenvalue weighted by Crippen LogP contribution is 2.37. The van der Waals surface area contributed by atoms with Gasteiger partial charge >= 0.3 is 0 Å². The lowest BCUT2D eigenvalue weighted by Crippen LogP contribution is -2.60. The van der Waals surface area contributed by atoms with Crippen molar-refractivity contribution in [3.63, 3.8) is 0 Å². The van der Waals surface area contributed by atoms with Gasteiger partial charge in [0, 0.05) is 30.9 Å². The molecule has 4 heterocycles. The second-order valence-corrected chi connectivity index (χ2v) is 11.2. The number of nitrogens with zero attached hydrogens (tertiary/aromatic N) is 3. The Balaban J connectivity index is 1.60. The summed E-state index contributed by atoms with van der Waals surface area (Å²) in [7, 11) is -3.47. The lowest BCUT2D eigenvalue weighted by molar-refractivity contribution is -0.140. The third kappa shape index (κ3) is 5.01. The SMILES string of the molecule is CC(C)S(=O)(=O)NC1CCCN2C(=O)COc3nccnc3C3CCC(CC3)OC[C@@H]12. The zero-order chi connectivity index (χ0) is 22.0. The number of ether oxygens (including phenoxy) is 2. The van der Waals surface area contributed by atoms with Crippen LogP contribution in [0.4, 0.5) is 0 Å². The Hall–Kier alpha value is -1.78. The fraction of sp³-hybridized carbons (Fsp3) is 0.762. The van der Waals surface area contributed by atoms with Crippen molar-refractivity contribution in [1.82, 2.24) is 19.6 Å². The Morgan fingerprint density at radius 3 is 2.61 bits per heavy atom. The summed E-state index contributed by atoms with van der Waals surface area (Å²) in [6.07, 6.45) is 8.36. The number of fused-ring (bicyclic) bond motifs is 5. The number of rotatable bonds is 3. The van der Waals surface area contributed by atoms with E-state index in [1.807, 2.05) is 0 Å². The van der Waals surface area contributed by atoms with Crippen molar-refractivity contribution < 1.29 is 22.7 Å². The summed E-state index contributed by atoms with van der Waals surface area (Å²) in [4.78, 5) is 23.6. The molecule has 172 valence electrons. The number of hydrogen-bond donors (Lipinski definition) is 1. The summed E-state index contributed by atoms with van der Waals surface area (Å²) >= 11 is 0. The van der Waals surface area contributed by atoms with Crippen molar-refractivity contribution in [2.75, 3.05) is 19.8 Å². The molecule has 1 aromatic heterocycles. The molecule has 31 heavy (non-hydrogen) atoms. The van der Waals surface area contributed by atoms with Crippen LogP contribution in [-0.4, -0.2) is 72.4 Å². The number of piperidine rings is 1. The van der Waals surface area contributed by atoms with Gasteiger partial charge < -0.3 is 14.4 Å². The molecule has 1 amide bonds. The van der Waals surface area contributed by atoms with E-state index in [4.69, 9.17) is 9.47 Å². The van der Waals surface area contributed by atoms with Gasteiger partial charge in [-0.2, -0.15) is 0 Å². The molecule has 1 aromatic rings. The predicted molar refractivity (Wildman–Crippen MR) is 114 cm³/mol. The summed E-state index contributed by atoms with van der Waals surface area (Å²) < 4.78 is 40.0. The molecule has 0 radical (unpaired) electrons. The average molecular weight is 453 g/mol. The maximum Gasteiger partial charge on any atom is 0.260 e. The third-order valence-electron chi connectivity index (χ3n) is 6.62. The zero-order valence-electron chi connectivity index (χ0n) is 18.2. The first-order valence-corrected chi connectivity index (χ1v) is 12.8. The molecule has 10 heteroatoms. The number of hydrogen-bond acceptors (Lipinski definition) is 7. The van der Waals surface area contributed by atoms with E-state index in [0.29, 0.717) is 25.5 Å². The van der Waals surface area contributed by atoms with Gasteiger partial charge in [0.15, 0.2) is 6.61 Å². The Labute approximate surface area is 184 Å². The third-order valence-corrected chi connectivity index (χ3v) is 8.50. The van der Waals surface area contributed by atoms with Crippen LogP contribution in [0.25, 0.3) is 0 Å². The molecule has 2 atom stereocenters. The summed E-state index contributed by atoms with van der Waals surface area (Å²) in [6.45, 7) is 4.02. The van der Waals surface area contributed by atoms with E-state index in [-0.39, 0.29) is 36.6 Å². The fourth-order valence-corrected chi connectivity index (χ4v) is 5.70. The normalized spacial score (nSPS) is 29.9. The molecule has 1 unspecified atom stereocenters. The van der Waals surface area contributed by atoms with Gasteiger partial charge in [0.05, 0.1) is 24.0 Å². The maximum atomic E-state index is 13.1. The van der Waals surface area contributed by atoms with Crippen molar-refractivity contribution in [1.29, 1.82) is 0 Å². The van der Waals surface area contributed by atoms with Crippen LogP contribution in [0.3, 0.4) is 0 Å². The van der Waals surface area contributed by atoms with Crippen LogP contribution in [-0.2, 0) is 19.6 Å². The number of sulfonamides is 1. The van der Waals surface area contributed by atoms with Crippen molar-refractivity contribution in [3.8, 4) is 5.88 Å². The standard InChI is InChI=1S/C21H32N4O5S/c1-14(2)31(27,28)24-17-4-3-11-25-18(17)12-29-16-7-5-15(6-8-16)20-21(23-10-9-22-20)30-13-19(25)26/h9-10,14-18,24H,3-8,11-13H2,1-2H3/t15?,16?,17?,18-/m0/s1. The topological polar surface area (TPSA) is 111 Å². The molecular formula is C21H32N4O5S. The minimum absolute atomic E-state index is 0.0966. The lowest BCUT2D eigenvalue weighted by Gasteiger charge is -2.42. The van der Waals surface area contributed by atoms with Crippen molar-refractivity contribution in [2.24, 2.45) is 0 Å². The monoisotopic (exact) mass is 452 g/mol. The highest BCUT2D eigenvalue weighted by atomic mass is 32.2. The fourth-order valence-electron chi connectivity index (χ4n) is 4.74. The quantitative estimate of drug-likeness (QED) is 0.741. The van der Waals surface area contributed by atoms with Crippen LogP contribution in [0.5, 0.6) is 5.88 Å². The van der Waals surface area contributed by atoms with Gasteiger partial charge in [-0.15, -0.1) is 0 Å². The molecule has 1 saturated heterocycles. The molecule has 1 N–H and O–H groups in total. The van der Waals surface area contributed by atoms with E-state index in [2.05, 4.69) is 14.7 Å². The minimum Gasteiger partial charge on any atom is -0.466 e. The van der Waals surface area contributed by atoms with E-state index >= 15 is 0 Å². The first kappa shape index (κ1) is 22.4. The Kier molecular flexibility index (Phi) is 6.78. The van der Waals surface area contributed by atoms with Crippen LogP contribution in [0.2, 0.25) is 0 Å². The van der Waals surface area contributed by atoms with Gasteiger partial charge in [-0.3, -0.25) is 9.78 Å². The van der Waals surface area contributed by atoms with E-state index in [9.17, 15) is 13.2 Å². The highest BCUT2D eigenvalue weighted by molar-refractivity contribution is 7.90. The summed E-state index contributed by atoms with van der Waals surface area (Å²) in [5.41, 5.74) is 0.811. The number of amides is 1. The molecule has 0 aromatic carbocycles. The minimum atomic E-state index is -3.47. The van der Waals surface area contributed by atoms with Crippen LogP contribution in [0.1, 0.15) is 64.0 Å². The molecule has 5 rings (SSSR count). The maximum absolute atomic E-state index is 13.1. The second-order valence-electron chi connectivity index (χ2n) is 8.96. The van der Waals surface area contributed by atoms with Crippen LogP contribution in [0.15, 0.2) is 12.4 Å². The van der Waals surface area contributed by atoms with E-state index < -0.39 is 15.3 Å². The zero-order valence-corrected chi connectivity index (χ0v) is 19.0. The lowest BCUT2D eigenvalue weighted by atomic mass is 9.85. The second kappa shape index (κ2) is 9.38. The molecule has 2 bridgehead atoms. The molecule has 0 spiro atoms. The molecule has 4 aliphatic rings. The van der Waals surface area contributed by atoms with Gasteiger partial charge in [-0.25, -0.2) is 18.1 Å². The van der Waals surface area contributed by atoms with Crippen LogP contribution < -0.4 is 9.46 Å². The smallest absolute Gasteiger partial charge is 0.260 e. The molecule has 1 aliphatic carbocycles. The number of carbonyl (C=O) groups is 1. The average Bonchev–Trinajstić information content (AvgIpc) is 2.77. The van der Waals surface area contributed by atoms with Crippen molar-refractivity contribution in [3.05, 3.63) is 18.1 Å². The molecule has 2 fully saturated rings. The predicted octanol–water partition coefficient (Wildman–Crippen LogP) is 1.60. The van der Waals surface area contributed by atoms with Crippen LogP contribution in [0, 0.1) is 0 Å². The van der Waals surface area contributed by atoms with Gasteiger partial charge in [0.2, 0.25) is 15.9 Å². The van der Waals surface area contributed by atoms with E-state index in [1.165, 1.54) is 0 Å².